The topological polar surface area (TPSA) is 77.5 Å². The fourth-order valence-corrected chi connectivity index (χ4v) is 3.36. The number of nitrogens with zero attached hydrogens (tertiary/aromatic N) is 1. The van der Waals surface area contributed by atoms with Crippen LogP contribution < -0.4 is 5.32 Å². The van der Waals surface area contributed by atoms with Crippen LogP contribution in [0, 0.1) is 0 Å². The normalized spacial score (nSPS) is 15.1. The van der Waals surface area contributed by atoms with E-state index in [4.69, 9.17) is 9.47 Å². The molecule has 7 heteroatoms. The predicted molar refractivity (Wildman–Crippen MR) is 96.5 cm³/mol. The standard InChI is InChI=1S/C18H21BrN2O4/c1-5-24-17(22)14-10(3)21-11(4)15(18(23)25-6-2)16(14)12-7-8-20-9-13(12)19/h7-9,16,21H,5-6H2,1-4H3. The van der Waals surface area contributed by atoms with E-state index in [-0.39, 0.29) is 13.2 Å². The Morgan fingerprint density at radius 3 is 2.08 bits per heavy atom. The monoisotopic (exact) mass is 408 g/mol. The molecule has 2 rings (SSSR count). The quantitative estimate of drug-likeness (QED) is 0.753. The second-order valence-corrected chi connectivity index (χ2v) is 6.33. The Labute approximate surface area is 155 Å². The van der Waals surface area contributed by atoms with Gasteiger partial charge in [0.25, 0.3) is 0 Å². The van der Waals surface area contributed by atoms with Crippen LogP contribution in [0.5, 0.6) is 0 Å². The van der Waals surface area contributed by atoms with Gasteiger partial charge in [-0.2, -0.15) is 0 Å². The molecule has 0 aromatic carbocycles. The third kappa shape index (κ3) is 3.92. The van der Waals surface area contributed by atoms with Gasteiger partial charge in [0.05, 0.1) is 30.3 Å². The highest BCUT2D eigenvalue weighted by Gasteiger charge is 2.38. The summed E-state index contributed by atoms with van der Waals surface area (Å²) in [5.74, 6) is -1.53. The Balaban J connectivity index is 2.66. The molecular formula is C18H21BrN2O4. The zero-order valence-electron chi connectivity index (χ0n) is 14.7. The number of esters is 2. The third-order valence-electron chi connectivity index (χ3n) is 3.87. The van der Waals surface area contributed by atoms with Crippen molar-refractivity contribution < 1.29 is 19.1 Å². The lowest BCUT2D eigenvalue weighted by molar-refractivity contribution is -0.139. The van der Waals surface area contributed by atoms with Crippen LogP contribution in [0.1, 0.15) is 39.2 Å². The van der Waals surface area contributed by atoms with Gasteiger partial charge in [-0.25, -0.2) is 9.59 Å². The molecule has 1 N–H and O–H groups in total. The molecule has 25 heavy (non-hydrogen) atoms. The number of allylic oxidation sites excluding steroid dienone is 2. The minimum absolute atomic E-state index is 0.247. The van der Waals surface area contributed by atoms with Crippen LogP contribution in [-0.4, -0.2) is 30.1 Å². The molecule has 0 saturated heterocycles. The Bertz CT molecular complexity index is 715. The lowest BCUT2D eigenvalue weighted by Gasteiger charge is -2.30. The summed E-state index contributed by atoms with van der Waals surface area (Å²) >= 11 is 3.47. The lowest BCUT2D eigenvalue weighted by Crippen LogP contribution is -2.32. The van der Waals surface area contributed by atoms with Crippen LogP contribution in [0.2, 0.25) is 0 Å². The molecule has 1 aliphatic heterocycles. The van der Waals surface area contributed by atoms with Crippen LogP contribution in [0.15, 0.2) is 45.5 Å². The molecule has 0 bridgehead atoms. The van der Waals surface area contributed by atoms with Gasteiger partial charge in [0.2, 0.25) is 0 Å². The summed E-state index contributed by atoms with van der Waals surface area (Å²) in [6.45, 7) is 7.57. The molecule has 0 radical (unpaired) electrons. The number of aromatic nitrogens is 1. The first-order valence-corrected chi connectivity index (χ1v) is 8.83. The number of carbonyl (C=O) groups excluding carboxylic acids is 2. The number of rotatable bonds is 5. The maximum atomic E-state index is 12.6. The molecule has 0 fully saturated rings. The van der Waals surface area contributed by atoms with Crippen molar-refractivity contribution in [1.29, 1.82) is 0 Å². The Morgan fingerprint density at radius 1 is 1.12 bits per heavy atom. The summed E-state index contributed by atoms with van der Waals surface area (Å²) in [7, 11) is 0. The maximum Gasteiger partial charge on any atom is 0.336 e. The van der Waals surface area contributed by atoms with Crippen molar-refractivity contribution in [2.45, 2.75) is 33.6 Å². The fourth-order valence-electron chi connectivity index (χ4n) is 2.88. The molecular weight excluding hydrogens is 388 g/mol. The molecule has 1 aliphatic rings. The predicted octanol–water partition coefficient (Wildman–Crippen LogP) is 3.21. The minimum atomic E-state index is -0.600. The molecule has 6 nitrogen and oxygen atoms in total. The van der Waals surface area contributed by atoms with Gasteiger partial charge in [0, 0.05) is 28.3 Å². The van der Waals surface area contributed by atoms with E-state index >= 15 is 0 Å². The first-order chi connectivity index (χ1) is 11.9. The number of hydrogen-bond donors (Lipinski definition) is 1. The number of nitrogens with one attached hydrogen (secondary N) is 1. The van der Waals surface area contributed by atoms with Crippen molar-refractivity contribution >= 4 is 27.9 Å². The largest absolute Gasteiger partial charge is 0.463 e. The zero-order valence-corrected chi connectivity index (χ0v) is 16.3. The SMILES string of the molecule is CCOC(=O)C1=C(C)NC(C)=C(C(=O)OCC)C1c1ccncc1Br. The van der Waals surface area contributed by atoms with Gasteiger partial charge in [0.15, 0.2) is 0 Å². The molecule has 0 aliphatic carbocycles. The van der Waals surface area contributed by atoms with Crippen LogP contribution in [-0.2, 0) is 19.1 Å². The van der Waals surface area contributed by atoms with Gasteiger partial charge in [-0.3, -0.25) is 4.98 Å². The summed E-state index contributed by atoms with van der Waals surface area (Å²) in [4.78, 5) is 29.3. The van der Waals surface area contributed by atoms with E-state index in [0.29, 0.717) is 27.0 Å². The van der Waals surface area contributed by atoms with Crippen molar-refractivity contribution in [2.24, 2.45) is 0 Å². The molecule has 134 valence electrons. The van der Waals surface area contributed by atoms with Crippen LogP contribution in [0.3, 0.4) is 0 Å². The van der Waals surface area contributed by atoms with E-state index in [1.54, 1.807) is 46.2 Å². The number of carbonyl (C=O) groups is 2. The Kier molecular flexibility index (Phi) is 6.36. The van der Waals surface area contributed by atoms with Crippen LogP contribution >= 0.6 is 15.9 Å². The van der Waals surface area contributed by atoms with Crippen molar-refractivity contribution in [3.05, 3.63) is 51.0 Å². The highest BCUT2D eigenvalue weighted by atomic mass is 79.9. The van der Waals surface area contributed by atoms with Gasteiger partial charge >= 0.3 is 11.9 Å². The van der Waals surface area contributed by atoms with Crippen molar-refractivity contribution in [3.8, 4) is 0 Å². The Hall–Kier alpha value is -2.15. The van der Waals surface area contributed by atoms with E-state index in [2.05, 4.69) is 26.2 Å². The van der Waals surface area contributed by atoms with Gasteiger partial charge < -0.3 is 14.8 Å². The molecule has 0 amide bonds. The summed E-state index contributed by atoms with van der Waals surface area (Å²) in [6.07, 6.45) is 3.26. The van der Waals surface area contributed by atoms with Gasteiger partial charge in [0.1, 0.15) is 0 Å². The van der Waals surface area contributed by atoms with Gasteiger partial charge in [-0.1, -0.05) is 0 Å². The molecule has 0 spiro atoms. The van der Waals surface area contributed by atoms with E-state index < -0.39 is 17.9 Å². The highest BCUT2D eigenvalue weighted by molar-refractivity contribution is 9.10. The number of halogens is 1. The maximum absolute atomic E-state index is 12.6. The van der Waals surface area contributed by atoms with E-state index in [1.165, 1.54) is 0 Å². The molecule has 1 aromatic heterocycles. The second kappa shape index (κ2) is 8.29. The van der Waals surface area contributed by atoms with Gasteiger partial charge in [-0.15, -0.1) is 0 Å². The molecule has 2 heterocycles. The van der Waals surface area contributed by atoms with Crippen molar-refractivity contribution in [3.63, 3.8) is 0 Å². The van der Waals surface area contributed by atoms with Crippen molar-refractivity contribution in [1.82, 2.24) is 10.3 Å². The smallest absolute Gasteiger partial charge is 0.336 e. The van der Waals surface area contributed by atoms with Gasteiger partial charge in [-0.05, 0) is 55.3 Å². The molecule has 0 saturated carbocycles. The summed E-state index contributed by atoms with van der Waals surface area (Å²) in [5, 5.41) is 3.10. The zero-order chi connectivity index (χ0) is 18.6. The fraction of sp³-hybridized carbons (Fsp3) is 0.389. The first kappa shape index (κ1) is 19.2. The number of ether oxygens (including phenoxy) is 2. The number of hydrogen-bond acceptors (Lipinski definition) is 6. The molecule has 0 unspecified atom stereocenters. The average molecular weight is 409 g/mol. The summed E-state index contributed by atoms with van der Waals surface area (Å²) in [6, 6.07) is 1.78. The Morgan fingerprint density at radius 2 is 1.64 bits per heavy atom. The summed E-state index contributed by atoms with van der Waals surface area (Å²) in [5.41, 5.74) is 2.83. The first-order valence-electron chi connectivity index (χ1n) is 8.04. The number of dihydropyridines is 1. The van der Waals surface area contributed by atoms with E-state index in [1.807, 2.05) is 0 Å². The highest BCUT2D eigenvalue weighted by Crippen LogP contribution is 2.41. The summed E-state index contributed by atoms with van der Waals surface area (Å²) < 4.78 is 11.1. The molecule has 0 atom stereocenters. The third-order valence-corrected chi connectivity index (χ3v) is 4.53. The number of pyridine rings is 1. The average Bonchev–Trinajstić information content (AvgIpc) is 2.54. The minimum Gasteiger partial charge on any atom is -0.463 e. The van der Waals surface area contributed by atoms with Crippen LogP contribution in [0.4, 0.5) is 0 Å². The van der Waals surface area contributed by atoms with E-state index in [9.17, 15) is 9.59 Å². The lowest BCUT2D eigenvalue weighted by atomic mass is 9.80. The van der Waals surface area contributed by atoms with E-state index in [0.717, 1.165) is 5.56 Å². The second-order valence-electron chi connectivity index (χ2n) is 5.47. The molecule has 1 aromatic rings. The van der Waals surface area contributed by atoms with Crippen LogP contribution in [0.25, 0.3) is 0 Å². The van der Waals surface area contributed by atoms with Crippen molar-refractivity contribution in [2.75, 3.05) is 13.2 Å².